The topological polar surface area (TPSA) is 16.1 Å². The lowest BCUT2D eigenvalue weighted by molar-refractivity contribution is 0.616. The lowest BCUT2D eigenvalue weighted by Crippen LogP contribution is -2.36. The normalized spacial score (nSPS) is 15.8. The molecule has 84 valence electrons. The fraction of sp³-hybridized carbons (Fsp3) is 0.462. The van der Waals surface area contributed by atoms with Gasteiger partial charge in [-0.15, -0.1) is 0 Å². The predicted octanol–water partition coefficient (Wildman–Crippen LogP) is 3.63. The van der Waals surface area contributed by atoms with Gasteiger partial charge in [-0.1, -0.05) is 37.3 Å². The average Bonchev–Trinajstić information content (AvgIpc) is 2.56. The summed E-state index contributed by atoms with van der Waals surface area (Å²) in [6.07, 6.45) is 1.31. The van der Waals surface area contributed by atoms with E-state index in [9.17, 15) is 0 Å². The van der Waals surface area contributed by atoms with E-state index in [2.05, 4.69) is 36.9 Å². The first kappa shape index (κ1) is 10.1. The van der Waals surface area contributed by atoms with Crippen LogP contribution in [-0.4, -0.2) is 18.1 Å². The quantitative estimate of drug-likeness (QED) is 0.786. The van der Waals surface area contributed by atoms with Crippen LogP contribution < -0.4 is 4.90 Å². The summed E-state index contributed by atoms with van der Waals surface area (Å²) >= 11 is 1.83. The Morgan fingerprint density at radius 2 is 2.12 bits per heavy atom. The van der Waals surface area contributed by atoms with Gasteiger partial charge in [0.1, 0.15) is 0 Å². The molecule has 2 aromatic rings. The Hall–Kier alpha value is -1.09. The van der Waals surface area contributed by atoms with Crippen LogP contribution in [0.1, 0.15) is 31.7 Å². The summed E-state index contributed by atoms with van der Waals surface area (Å²) < 4.78 is 1.33. The number of nitrogens with zero attached hydrogens (tertiary/aromatic N) is 2. The van der Waals surface area contributed by atoms with Crippen LogP contribution in [0.3, 0.4) is 0 Å². The number of hydrogen-bond donors (Lipinski definition) is 0. The molecule has 2 nitrogen and oxygen atoms in total. The molecule has 0 spiro atoms. The highest BCUT2D eigenvalue weighted by Gasteiger charge is 2.19. The van der Waals surface area contributed by atoms with Crippen LogP contribution >= 0.6 is 11.3 Å². The second kappa shape index (κ2) is 3.74. The molecule has 1 aromatic carbocycles. The summed E-state index contributed by atoms with van der Waals surface area (Å²) in [6.45, 7) is 6.82. The standard InChI is InChI=1S/C13H16N2S/c1-9(2)10-5-3-6-11-12(10)14-13(16-11)15-7-4-8-15/h3,5-6,9H,4,7-8H2,1-2H3. The van der Waals surface area contributed by atoms with Crippen LogP contribution in [-0.2, 0) is 0 Å². The van der Waals surface area contributed by atoms with Crippen molar-refractivity contribution in [1.29, 1.82) is 0 Å². The van der Waals surface area contributed by atoms with E-state index in [0.717, 1.165) is 0 Å². The number of anilines is 1. The van der Waals surface area contributed by atoms with Gasteiger partial charge in [0, 0.05) is 13.1 Å². The number of benzene rings is 1. The zero-order valence-electron chi connectivity index (χ0n) is 9.73. The second-order valence-corrected chi connectivity index (χ2v) is 5.69. The fourth-order valence-corrected chi connectivity index (χ4v) is 3.12. The van der Waals surface area contributed by atoms with Crippen molar-refractivity contribution >= 4 is 26.7 Å². The molecule has 1 aromatic heterocycles. The van der Waals surface area contributed by atoms with Crippen molar-refractivity contribution in [2.24, 2.45) is 0 Å². The maximum Gasteiger partial charge on any atom is 0.186 e. The third-order valence-electron chi connectivity index (χ3n) is 3.19. The van der Waals surface area contributed by atoms with Crippen LogP contribution in [0.15, 0.2) is 18.2 Å². The summed E-state index contributed by atoms with van der Waals surface area (Å²) in [5, 5.41) is 1.20. The van der Waals surface area contributed by atoms with Crippen molar-refractivity contribution in [3.63, 3.8) is 0 Å². The Morgan fingerprint density at radius 3 is 2.75 bits per heavy atom. The molecule has 16 heavy (non-hydrogen) atoms. The molecule has 0 unspecified atom stereocenters. The SMILES string of the molecule is CC(C)c1cccc2sc(N3CCC3)nc12. The maximum absolute atomic E-state index is 4.80. The zero-order valence-corrected chi connectivity index (χ0v) is 10.5. The van der Waals surface area contributed by atoms with Gasteiger partial charge in [-0.3, -0.25) is 0 Å². The molecule has 0 saturated carbocycles. The molecule has 0 bridgehead atoms. The Balaban J connectivity index is 2.12. The van der Waals surface area contributed by atoms with Gasteiger partial charge in [0.25, 0.3) is 0 Å². The molecule has 0 aliphatic carbocycles. The van der Waals surface area contributed by atoms with Gasteiger partial charge in [-0.05, 0) is 24.0 Å². The van der Waals surface area contributed by atoms with Crippen LogP contribution in [0.4, 0.5) is 5.13 Å². The smallest absolute Gasteiger partial charge is 0.186 e. The third-order valence-corrected chi connectivity index (χ3v) is 4.27. The molecular weight excluding hydrogens is 216 g/mol. The lowest BCUT2D eigenvalue weighted by atomic mass is 10.0. The first-order valence-electron chi connectivity index (χ1n) is 5.90. The van der Waals surface area contributed by atoms with Gasteiger partial charge >= 0.3 is 0 Å². The minimum absolute atomic E-state index is 0.551. The van der Waals surface area contributed by atoms with E-state index in [1.54, 1.807) is 0 Å². The Kier molecular flexibility index (Phi) is 2.36. The van der Waals surface area contributed by atoms with E-state index in [1.807, 2.05) is 11.3 Å². The summed E-state index contributed by atoms with van der Waals surface area (Å²) in [5.41, 5.74) is 2.59. The minimum atomic E-state index is 0.551. The molecule has 1 aliphatic heterocycles. The van der Waals surface area contributed by atoms with E-state index in [-0.39, 0.29) is 0 Å². The van der Waals surface area contributed by atoms with Gasteiger partial charge in [0.15, 0.2) is 5.13 Å². The van der Waals surface area contributed by atoms with Crippen molar-refractivity contribution < 1.29 is 0 Å². The number of hydrogen-bond acceptors (Lipinski definition) is 3. The first-order chi connectivity index (χ1) is 7.75. The monoisotopic (exact) mass is 232 g/mol. The Labute approximate surface area is 99.9 Å². The molecule has 2 heterocycles. The summed E-state index contributed by atoms with van der Waals surface area (Å²) in [5.74, 6) is 0.551. The van der Waals surface area contributed by atoms with Gasteiger partial charge in [0.05, 0.1) is 10.2 Å². The number of fused-ring (bicyclic) bond motifs is 1. The van der Waals surface area contributed by atoms with Crippen LogP contribution in [0.25, 0.3) is 10.2 Å². The third kappa shape index (κ3) is 1.50. The summed E-state index contributed by atoms with van der Waals surface area (Å²) in [6, 6.07) is 6.53. The van der Waals surface area contributed by atoms with Crippen molar-refractivity contribution in [3.8, 4) is 0 Å². The average molecular weight is 232 g/mol. The molecule has 1 saturated heterocycles. The van der Waals surface area contributed by atoms with Crippen molar-refractivity contribution in [1.82, 2.24) is 4.98 Å². The molecular formula is C13H16N2S. The van der Waals surface area contributed by atoms with Crippen molar-refractivity contribution in [3.05, 3.63) is 23.8 Å². The van der Waals surface area contributed by atoms with Crippen LogP contribution in [0.5, 0.6) is 0 Å². The summed E-state index contributed by atoms with van der Waals surface area (Å²) in [4.78, 5) is 7.17. The number of thiazole rings is 1. The molecule has 1 aliphatic rings. The molecule has 0 N–H and O–H groups in total. The van der Waals surface area contributed by atoms with Gasteiger partial charge in [-0.25, -0.2) is 4.98 Å². The van der Waals surface area contributed by atoms with Gasteiger partial charge in [0.2, 0.25) is 0 Å². The van der Waals surface area contributed by atoms with E-state index in [1.165, 1.54) is 40.4 Å². The zero-order chi connectivity index (χ0) is 11.1. The molecule has 0 amide bonds. The molecule has 0 atom stereocenters. The predicted molar refractivity (Wildman–Crippen MR) is 70.5 cm³/mol. The highest BCUT2D eigenvalue weighted by molar-refractivity contribution is 7.22. The van der Waals surface area contributed by atoms with Crippen molar-refractivity contribution in [2.45, 2.75) is 26.2 Å². The molecule has 3 heteroatoms. The fourth-order valence-electron chi connectivity index (χ4n) is 2.07. The maximum atomic E-state index is 4.80. The summed E-state index contributed by atoms with van der Waals surface area (Å²) in [7, 11) is 0. The number of para-hydroxylation sites is 1. The van der Waals surface area contributed by atoms with Gasteiger partial charge < -0.3 is 4.90 Å². The van der Waals surface area contributed by atoms with E-state index in [0.29, 0.717) is 5.92 Å². The van der Waals surface area contributed by atoms with E-state index >= 15 is 0 Å². The number of rotatable bonds is 2. The second-order valence-electron chi connectivity index (χ2n) is 4.69. The lowest BCUT2D eigenvalue weighted by Gasteiger charge is -2.30. The molecule has 0 radical (unpaired) electrons. The van der Waals surface area contributed by atoms with Crippen LogP contribution in [0, 0.1) is 0 Å². The van der Waals surface area contributed by atoms with Gasteiger partial charge in [-0.2, -0.15) is 0 Å². The first-order valence-corrected chi connectivity index (χ1v) is 6.72. The molecule has 3 rings (SSSR count). The Morgan fingerprint density at radius 1 is 1.31 bits per heavy atom. The van der Waals surface area contributed by atoms with Crippen LogP contribution in [0.2, 0.25) is 0 Å². The Bertz CT molecular complexity index is 512. The van der Waals surface area contributed by atoms with Crippen molar-refractivity contribution in [2.75, 3.05) is 18.0 Å². The highest BCUT2D eigenvalue weighted by atomic mass is 32.1. The molecule has 1 fully saturated rings. The minimum Gasteiger partial charge on any atom is -0.348 e. The van der Waals surface area contributed by atoms with E-state index in [4.69, 9.17) is 4.98 Å². The largest absolute Gasteiger partial charge is 0.348 e. The highest BCUT2D eigenvalue weighted by Crippen LogP contribution is 2.34. The number of aromatic nitrogens is 1. The van der Waals surface area contributed by atoms with E-state index < -0.39 is 0 Å².